The van der Waals surface area contributed by atoms with Crippen molar-refractivity contribution in [3.63, 3.8) is 0 Å². The first-order valence-electron chi connectivity index (χ1n) is 10.4. The molecule has 8 heteroatoms. The molecule has 2 heterocycles. The van der Waals surface area contributed by atoms with Gasteiger partial charge in [-0.15, -0.1) is 0 Å². The maximum atomic E-state index is 13.9. The molecule has 0 aliphatic carbocycles. The quantitative estimate of drug-likeness (QED) is 0.665. The Morgan fingerprint density at radius 2 is 1.62 bits per heavy atom. The summed E-state index contributed by atoms with van der Waals surface area (Å²) in [6, 6.07) is 10.5. The number of hydrogen-bond donors (Lipinski definition) is 0. The van der Waals surface area contributed by atoms with Crippen molar-refractivity contribution < 1.29 is 28.2 Å². The normalized spacial score (nSPS) is 21.4. The molecule has 2 aliphatic heterocycles. The lowest BCUT2D eigenvalue weighted by atomic mass is 10.0. The van der Waals surface area contributed by atoms with E-state index >= 15 is 0 Å². The zero-order valence-corrected chi connectivity index (χ0v) is 18.4. The average molecular weight is 440 g/mol. The molecule has 2 aromatic carbocycles. The summed E-state index contributed by atoms with van der Waals surface area (Å²) in [7, 11) is 3.03. The summed E-state index contributed by atoms with van der Waals surface area (Å²) < 4.78 is 30.4. The predicted molar refractivity (Wildman–Crippen MR) is 117 cm³/mol. The number of morpholine rings is 1. The zero-order chi connectivity index (χ0) is 23.0. The summed E-state index contributed by atoms with van der Waals surface area (Å²) in [5.41, 5.74) is 1.21. The van der Waals surface area contributed by atoms with Crippen LogP contribution >= 0.6 is 0 Å². The standard InChI is InChI=1S/C24H25FN2O5/c1-14-12-26(13-15(2)32-14)22-21(16-8-9-19(30-3)20(10-16)31-4)23(28)27(24(22)29)18-7-5-6-17(25)11-18/h5-11,14-15H,12-13H2,1-4H3. The Bertz CT molecular complexity index is 1090. The first kappa shape index (κ1) is 21.8. The van der Waals surface area contributed by atoms with E-state index in [1.54, 1.807) is 24.3 Å². The number of hydrogen-bond acceptors (Lipinski definition) is 6. The van der Waals surface area contributed by atoms with Crippen molar-refractivity contribution in [1.82, 2.24) is 4.90 Å². The summed E-state index contributed by atoms with van der Waals surface area (Å²) >= 11 is 0. The smallest absolute Gasteiger partial charge is 0.282 e. The van der Waals surface area contributed by atoms with E-state index in [2.05, 4.69) is 0 Å². The van der Waals surface area contributed by atoms with E-state index in [0.717, 1.165) is 4.90 Å². The molecule has 1 fully saturated rings. The summed E-state index contributed by atoms with van der Waals surface area (Å²) in [6.07, 6.45) is -0.243. The van der Waals surface area contributed by atoms with Crippen LogP contribution in [0, 0.1) is 5.82 Å². The monoisotopic (exact) mass is 440 g/mol. The third kappa shape index (κ3) is 3.82. The number of carbonyl (C=O) groups is 2. The highest BCUT2D eigenvalue weighted by Crippen LogP contribution is 2.39. The third-order valence-corrected chi connectivity index (χ3v) is 5.53. The lowest BCUT2D eigenvalue weighted by Crippen LogP contribution is -2.47. The van der Waals surface area contributed by atoms with Crippen molar-refractivity contribution in [2.45, 2.75) is 26.1 Å². The van der Waals surface area contributed by atoms with Crippen LogP contribution in [0.3, 0.4) is 0 Å². The van der Waals surface area contributed by atoms with Crippen molar-refractivity contribution in [3.8, 4) is 11.5 Å². The Morgan fingerprint density at radius 3 is 2.25 bits per heavy atom. The van der Waals surface area contributed by atoms with Gasteiger partial charge in [-0.2, -0.15) is 0 Å². The molecule has 168 valence electrons. The number of anilines is 1. The van der Waals surface area contributed by atoms with Gasteiger partial charge < -0.3 is 19.1 Å². The predicted octanol–water partition coefficient (Wildman–Crippen LogP) is 3.24. The van der Waals surface area contributed by atoms with Gasteiger partial charge in [-0.25, -0.2) is 9.29 Å². The Balaban J connectivity index is 1.87. The number of nitrogens with zero attached hydrogens (tertiary/aromatic N) is 2. The van der Waals surface area contributed by atoms with Crippen LogP contribution in [0.4, 0.5) is 10.1 Å². The van der Waals surface area contributed by atoms with Gasteiger partial charge in [0, 0.05) is 13.1 Å². The molecule has 2 aromatic rings. The van der Waals surface area contributed by atoms with Crippen LogP contribution < -0.4 is 14.4 Å². The molecule has 0 aromatic heterocycles. The van der Waals surface area contributed by atoms with E-state index in [4.69, 9.17) is 14.2 Å². The molecular weight excluding hydrogens is 415 g/mol. The van der Waals surface area contributed by atoms with Gasteiger partial charge >= 0.3 is 0 Å². The van der Waals surface area contributed by atoms with Gasteiger partial charge in [0.05, 0.1) is 37.7 Å². The van der Waals surface area contributed by atoms with Crippen molar-refractivity contribution in [1.29, 1.82) is 0 Å². The maximum absolute atomic E-state index is 13.9. The van der Waals surface area contributed by atoms with Crippen LogP contribution in [0.15, 0.2) is 48.2 Å². The second-order valence-electron chi connectivity index (χ2n) is 7.88. The maximum Gasteiger partial charge on any atom is 0.282 e. The number of benzene rings is 2. The molecule has 0 N–H and O–H groups in total. The lowest BCUT2D eigenvalue weighted by Gasteiger charge is -2.37. The first-order valence-corrected chi connectivity index (χ1v) is 10.4. The molecule has 4 rings (SSSR count). The van der Waals surface area contributed by atoms with Crippen LogP contribution in [0.2, 0.25) is 0 Å². The summed E-state index contributed by atoms with van der Waals surface area (Å²) in [5.74, 6) is -0.602. The fraction of sp³-hybridized carbons (Fsp3) is 0.333. The second-order valence-corrected chi connectivity index (χ2v) is 7.88. The Morgan fingerprint density at radius 1 is 0.938 bits per heavy atom. The Kier molecular flexibility index (Phi) is 5.88. The van der Waals surface area contributed by atoms with Crippen molar-refractivity contribution in [2.24, 2.45) is 0 Å². The Hall–Kier alpha value is -3.39. The SMILES string of the molecule is COc1ccc(C2=C(N3CC(C)OC(C)C3)C(=O)N(c3cccc(F)c3)C2=O)cc1OC. The van der Waals surface area contributed by atoms with E-state index in [1.807, 2.05) is 18.7 Å². The fourth-order valence-corrected chi connectivity index (χ4v) is 4.27. The van der Waals surface area contributed by atoms with Crippen LogP contribution in [0.5, 0.6) is 11.5 Å². The highest BCUT2D eigenvalue weighted by atomic mass is 19.1. The first-order chi connectivity index (χ1) is 15.3. The summed E-state index contributed by atoms with van der Waals surface area (Å²) in [4.78, 5) is 30.1. The van der Waals surface area contributed by atoms with Crippen molar-refractivity contribution in [2.75, 3.05) is 32.2 Å². The van der Waals surface area contributed by atoms with Crippen molar-refractivity contribution >= 4 is 23.1 Å². The van der Waals surface area contributed by atoms with E-state index in [-0.39, 0.29) is 29.2 Å². The van der Waals surface area contributed by atoms with Gasteiger partial charge in [-0.1, -0.05) is 12.1 Å². The highest BCUT2D eigenvalue weighted by Gasteiger charge is 2.44. The van der Waals surface area contributed by atoms with Crippen molar-refractivity contribution in [3.05, 3.63) is 59.5 Å². The summed E-state index contributed by atoms with van der Waals surface area (Å²) in [5, 5.41) is 0. The molecule has 2 atom stereocenters. The van der Waals surface area contributed by atoms with Crippen LogP contribution in [-0.4, -0.2) is 56.2 Å². The van der Waals surface area contributed by atoms with E-state index in [1.165, 1.54) is 32.4 Å². The topological polar surface area (TPSA) is 68.3 Å². The number of imide groups is 1. The van der Waals surface area contributed by atoms with Gasteiger partial charge in [0.25, 0.3) is 11.8 Å². The summed E-state index contributed by atoms with van der Waals surface area (Å²) in [6.45, 7) is 4.74. The van der Waals surface area contributed by atoms with Gasteiger partial charge in [0.1, 0.15) is 11.5 Å². The molecule has 0 spiro atoms. The number of rotatable bonds is 5. The molecule has 0 bridgehead atoms. The lowest BCUT2D eigenvalue weighted by molar-refractivity contribution is -0.121. The van der Waals surface area contributed by atoms with Gasteiger partial charge in [-0.05, 0) is 49.7 Å². The fourth-order valence-electron chi connectivity index (χ4n) is 4.27. The van der Waals surface area contributed by atoms with Crippen LogP contribution in [0.25, 0.3) is 5.57 Å². The van der Waals surface area contributed by atoms with E-state index in [9.17, 15) is 14.0 Å². The Labute approximate surface area is 186 Å². The van der Waals surface area contributed by atoms with Gasteiger partial charge in [0.2, 0.25) is 0 Å². The van der Waals surface area contributed by atoms with Gasteiger partial charge in [-0.3, -0.25) is 9.59 Å². The molecule has 7 nitrogen and oxygen atoms in total. The zero-order valence-electron chi connectivity index (χ0n) is 18.4. The largest absolute Gasteiger partial charge is 0.493 e. The number of ether oxygens (including phenoxy) is 3. The number of halogens is 1. The average Bonchev–Trinajstić information content (AvgIpc) is 3.02. The molecule has 2 unspecified atom stereocenters. The number of amides is 2. The third-order valence-electron chi connectivity index (χ3n) is 5.53. The molecule has 0 saturated carbocycles. The van der Waals surface area contributed by atoms with E-state index in [0.29, 0.717) is 30.2 Å². The number of carbonyl (C=O) groups excluding carboxylic acids is 2. The molecular formula is C24H25FN2O5. The minimum Gasteiger partial charge on any atom is -0.493 e. The minimum atomic E-state index is -0.530. The van der Waals surface area contributed by atoms with Crippen LogP contribution in [-0.2, 0) is 14.3 Å². The second kappa shape index (κ2) is 8.63. The molecule has 2 amide bonds. The molecule has 2 aliphatic rings. The van der Waals surface area contributed by atoms with Gasteiger partial charge in [0.15, 0.2) is 11.5 Å². The minimum absolute atomic E-state index is 0.121. The highest BCUT2D eigenvalue weighted by molar-refractivity contribution is 6.45. The molecule has 0 radical (unpaired) electrons. The molecule has 1 saturated heterocycles. The molecule has 32 heavy (non-hydrogen) atoms. The van der Waals surface area contributed by atoms with Crippen LogP contribution in [0.1, 0.15) is 19.4 Å². The van der Waals surface area contributed by atoms with E-state index < -0.39 is 17.6 Å². The number of methoxy groups -OCH3 is 2.